The molecular formula is C25H32ClN3O5S. The van der Waals surface area contributed by atoms with Crippen LogP contribution in [0.25, 0.3) is 10.2 Å². The van der Waals surface area contributed by atoms with Crippen LogP contribution in [0.4, 0.5) is 5.13 Å². The van der Waals surface area contributed by atoms with Crippen molar-refractivity contribution in [2.45, 2.75) is 20.8 Å². The third kappa shape index (κ3) is 6.09. The second-order valence-corrected chi connectivity index (χ2v) is 9.17. The van der Waals surface area contributed by atoms with Gasteiger partial charge in [0.15, 0.2) is 16.6 Å². The summed E-state index contributed by atoms with van der Waals surface area (Å²) in [6, 6.07) is 6.94. The summed E-state index contributed by atoms with van der Waals surface area (Å²) in [5.41, 5.74) is 1.04. The predicted molar refractivity (Wildman–Crippen MR) is 141 cm³/mol. The van der Waals surface area contributed by atoms with Gasteiger partial charge in [-0.3, -0.25) is 9.69 Å². The number of hydrogen-bond acceptors (Lipinski definition) is 8. The van der Waals surface area contributed by atoms with E-state index in [0.29, 0.717) is 77.1 Å². The van der Waals surface area contributed by atoms with Crippen LogP contribution >= 0.6 is 22.9 Å². The summed E-state index contributed by atoms with van der Waals surface area (Å²) < 4.78 is 23.6. The smallest absolute Gasteiger partial charge is 0.260 e. The molecule has 1 aromatic heterocycles. The molecular weight excluding hydrogens is 490 g/mol. The molecule has 2 aromatic carbocycles. The molecule has 0 fully saturated rings. The molecule has 190 valence electrons. The van der Waals surface area contributed by atoms with Crippen molar-refractivity contribution >= 4 is 44.2 Å². The van der Waals surface area contributed by atoms with E-state index in [9.17, 15) is 4.79 Å². The van der Waals surface area contributed by atoms with E-state index in [2.05, 4.69) is 0 Å². The first-order chi connectivity index (χ1) is 16.8. The lowest BCUT2D eigenvalue weighted by Crippen LogP contribution is -2.36. The Morgan fingerprint density at radius 2 is 1.60 bits per heavy atom. The van der Waals surface area contributed by atoms with E-state index >= 15 is 0 Å². The minimum Gasteiger partial charge on any atom is -0.494 e. The van der Waals surface area contributed by atoms with Gasteiger partial charge in [0, 0.05) is 18.7 Å². The molecule has 0 radical (unpaired) electrons. The number of carbonyl (C=O) groups is 1. The molecule has 0 N–H and O–H groups in total. The third-order valence-corrected chi connectivity index (χ3v) is 6.61. The van der Waals surface area contributed by atoms with Crippen molar-refractivity contribution in [3.63, 3.8) is 0 Å². The van der Waals surface area contributed by atoms with Crippen molar-refractivity contribution in [2.24, 2.45) is 0 Å². The van der Waals surface area contributed by atoms with Crippen LogP contribution in [0.15, 0.2) is 24.3 Å². The zero-order valence-corrected chi connectivity index (χ0v) is 22.6. The van der Waals surface area contributed by atoms with Gasteiger partial charge < -0.3 is 23.8 Å². The molecule has 0 bridgehead atoms. The van der Waals surface area contributed by atoms with Gasteiger partial charge in [-0.2, -0.15) is 0 Å². The van der Waals surface area contributed by atoms with Gasteiger partial charge in [0.1, 0.15) is 11.3 Å². The maximum Gasteiger partial charge on any atom is 0.260 e. The largest absolute Gasteiger partial charge is 0.494 e. The van der Waals surface area contributed by atoms with Crippen LogP contribution in [0.1, 0.15) is 31.1 Å². The summed E-state index contributed by atoms with van der Waals surface area (Å²) in [6.45, 7) is 8.00. The molecule has 0 atom stereocenters. The van der Waals surface area contributed by atoms with Crippen LogP contribution in [-0.2, 0) is 0 Å². The first kappa shape index (κ1) is 26.8. The maximum atomic E-state index is 13.9. The highest BCUT2D eigenvalue weighted by atomic mass is 35.5. The van der Waals surface area contributed by atoms with E-state index < -0.39 is 0 Å². The number of anilines is 1. The number of fused-ring (bicyclic) bond motifs is 1. The van der Waals surface area contributed by atoms with E-state index in [1.54, 1.807) is 36.3 Å². The molecule has 1 heterocycles. The molecule has 0 aliphatic carbocycles. The van der Waals surface area contributed by atoms with Gasteiger partial charge in [0.2, 0.25) is 5.75 Å². The fourth-order valence-corrected chi connectivity index (χ4v) is 4.75. The van der Waals surface area contributed by atoms with Gasteiger partial charge in [0.05, 0.1) is 36.7 Å². The number of nitrogens with zero attached hydrogens (tertiary/aromatic N) is 3. The monoisotopic (exact) mass is 521 g/mol. The molecule has 35 heavy (non-hydrogen) atoms. The number of likely N-dealkylation sites (N-methyl/N-ethyl adjacent to an activating group) is 1. The van der Waals surface area contributed by atoms with Gasteiger partial charge in [-0.15, -0.1) is 0 Å². The number of benzene rings is 2. The Labute approximate surface area is 215 Å². The Morgan fingerprint density at radius 1 is 0.971 bits per heavy atom. The predicted octanol–water partition coefficient (Wildman–Crippen LogP) is 5.36. The normalized spacial score (nSPS) is 11.1. The number of amides is 1. The lowest BCUT2D eigenvalue weighted by atomic mass is 10.1. The molecule has 0 saturated carbocycles. The average molecular weight is 522 g/mol. The van der Waals surface area contributed by atoms with Crippen molar-refractivity contribution in [3.05, 3.63) is 34.9 Å². The second-order valence-electron chi connectivity index (χ2n) is 7.78. The van der Waals surface area contributed by atoms with E-state index in [-0.39, 0.29) is 5.91 Å². The number of methoxy groups -OCH3 is 1. The molecule has 0 aliphatic rings. The van der Waals surface area contributed by atoms with Crippen LogP contribution in [0.5, 0.6) is 23.0 Å². The summed E-state index contributed by atoms with van der Waals surface area (Å²) in [7, 11) is 5.50. The van der Waals surface area contributed by atoms with Crippen LogP contribution in [0.2, 0.25) is 5.02 Å². The molecule has 8 nitrogen and oxygen atoms in total. The summed E-state index contributed by atoms with van der Waals surface area (Å²) in [5, 5.41) is 1.09. The Kier molecular flexibility index (Phi) is 9.42. The molecule has 3 rings (SSSR count). The summed E-state index contributed by atoms with van der Waals surface area (Å²) in [5.74, 6) is 1.79. The molecule has 3 aromatic rings. The second kappa shape index (κ2) is 12.3. The maximum absolute atomic E-state index is 13.9. The highest BCUT2D eigenvalue weighted by molar-refractivity contribution is 7.23. The zero-order valence-electron chi connectivity index (χ0n) is 21.0. The number of rotatable bonds is 12. The molecule has 10 heteroatoms. The SMILES string of the molecule is CCOc1cc(C(=O)N(CCN(C)C)c2nc3c(OC)ccc(Cl)c3s2)cc(OCC)c1OCC. The van der Waals surface area contributed by atoms with Crippen LogP contribution in [0, 0.1) is 0 Å². The van der Waals surface area contributed by atoms with Gasteiger partial charge in [-0.1, -0.05) is 22.9 Å². The summed E-state index contributed by atoms with van der Waals surface area (Å²) in [4.78, 5) is 22.3. The van der Waals surface area contributed by atoms with Crippen LogP contribution in [0.3, 0.4) is 0 Å². The minimum absolute atomic E-state index is 0.231. The number of carbonyl (C=O) groups excluding carboxylic acids is 1. The Morgan fingerprint density at radius 3 is 2.14 bits per heavy atom. The summed E-state index contributed by atoms with van der Waals surface area (Å²) in [6.07, 6.45) is 0. The lowest BCUT2D eigenvalue weighted by Gasteiger charge is -2.23. The lowest BCUT2D eigenvalue weighted by molar-refractivity contribution is 0.0984. The fraction of sp³-hybridized carbons (Fsp3) is 0.440. The van der Waals surface area contributed by atoms with E-state index in [4.69, 9.17) is 35.5 Å². The molecule has 0 saturated heterocycles. The van der Waals surface area contributed by atoms with Crippen molar-refractivity contribution < 1.29 is 23.7 Å². The Balaban J connectivity index is 2.12. The van der Waals surface area contributed by atoms with Gasteiger partial charge >= 0.3 is 0 Å². The molecule has 0 aliphatic heterocycles. The van der Waals surface area contributed by atoms with Crippen molar-refractivity contribution in [1.82, 2.24) is 9.88 Å². The average Bonchev–Trinajstić information content (AvgIpc) is 3.27. The topological polar surface area (TPSA) is 73.4 Å². The number of thiazole rings is 1. The number of aromatic nitrogens is 1. The number of ether oxygens (including phenoxy) is 4. The minimum atomic E-state index is -0.231. The van der Waals surface area contributed by atoms with E-state index in [0.717, 1.165) is 4.70 Å². The first-order valence-corrected chi connectivity index (χ1v) is 12.7. The first-order valence-electron chi connectivity index (χ1n) is 11.5. The standard InChI is InChI=1S/C25H32ClN3O5S/c1-7-32-19-14-16(15-20(33-8-2)22(19)34-9-3)24(30)29(13-12-28(4)5)25-27-21-18(31-6)11-10-17(26)23(21)35-25/h10-11,14-15H,7-9,12-13H2,1-6H3. The molecule has 0 spiro atoms. The van der Waals surface area contributed by atoms with Crippen molar-refractivity contribution in [2.75, 3.05) is 59.0 Å². The van der Waals surface area contributed by atoms with E-state index in [1.807, 2.05) is 39.8 Å². The van der Waals surface area contributed by atoms with E-state index in [1.165, 1.54) is 11.3 Å². The van der Waals surface area contributed by atoms with Crippen molar-refractivity contribution in [3.8, 4) is 23.0 Å². The van der Waals surface area contributed by atoms with Crippen LogP contribution in [-0.4, -0.2) is 69.9 Å². The zero-order chi connectivity index (χ0) is 25.5. The van der Waals surface area contributed by atoms with Gasteiger partial charge in [0.25, 0.3) is 5.91 Å². The highest BCUT2D eigenvalue weighted by Gasteiger charge is 2.26. The summed E-state index contributed by atoms with van der Waals surface area (Å²) >= 11 is 7.80. The molecule has 0 unspecified atom stereocenters. The fourth-order valence-electron chi connectivity index (χ4n) is 3.47. The third-order valence-electron chi connectivity index (χ3n) is 5.07. The van der Waals surface area contributed by atoms with Crippen molar-refractivity contribution in [1.29, 1.82) is 0 Å². The Hall–Kier alpha value is -2.75. The number of hydrogen-bond donors (Lipinski definition) is 0. The van der Waals surface area contributed by atoms with Gasteiger partial charge in [-0.05, 0) is 59.1 Å². The number of halogens is 1. The highest BCUT2D eigenvalue weighted by Crippen LogP contribution is 2.41. The van der Waals surface area contributed by atoms with Gasteiger partial charge in [-0.25, -0.2) is 4.98 Å². The molecule has 1 amide bonds. The Bertz CT molecular complexity index is 1140. The quantitative estimate of drug-likeness (QED) is 0.317. The van der Waals surface area contributed by atoms with Crippen LogP contribution < -0.4 is 23.8 Å².